The molecule has 0 radical (unpaired) electrons. The third-order valence-electron chi connectivity index (χ3n) is 3.75. The Morgan fingerprint density at radius 3 is 2.80 bits per heavy atom. The monoisotopic (exact) mass is 271 g/mol. The Labute approximate surface area is 120 Å². The van der Waals surface area contributed by atoms with Gasteiger partial charge < -0.3 is 10.4 Å². The maximum Gasteiger partial charge on any atom is 0.252 e. The van der Waals surface area contributed by atoms with Crippen LogP contribution in [0.1, 0.15) is 54.1 Å². The Kier molecular flexibility index (Phi) is 4.46. The Morgan fingerprint density at radius 2 is 2.20 bits per heavy atom. The van der Waals surface area contributed by atoms with Crippen molar-refractivity contribution in [3.63, 3.8) is 0 Å². The molecule has 2 rings (SSSR count). The van der Waals surface area contributed by atoms with Crippen LogP contribution in [0.15, 0.2) is 18.2 Å². The number of amides is 1. The highest BCUT2D eigenvalue weighted by molar-refractivity contribution is 5.97. The summed E-state index contributed by atoms with van der Waals surface area (Å²) in [5.41, 5.74) is 2.37. The number of hydrogen-bond donors (Lipinski definition) is 2. The Balaban J connectivity index is 2.21. The van der Waals surface area contributed by atoms with Crippen molar-refractivity contribution in [1.82, 2.24) is 5.32 Å². The van der Waals surface area contributed by atoms with Crippen LogP contribution in [0.25, 0.3) is 0 Å². The molecule has 0 bridgehead atoms. The predicted octanol–water partition coefficient (Wildman–Crippen LogP) is 2.40. The van der Waals surface area contributed by atoms with E-state index in [0.29, 0.717) is 12.0 Å². The van der Waals surface area contributed by atoms with E-state index in [2.05, 4.69) is 24.1 Å². The largest absolute Gasteiger partial charge is 0.395 e. The summed E-state index contributed by atoms with van der Waals surface area (Å²) < 4.78 is 0. The van der Waals surface area contributed by atoms with Gasteiger partial charge in [-0.05, 0) is 50.8 Å². The van der Waals surface area contributed by atoms with Crippen molar-refractivity contribution >= 4 is 5.91 Å². The number of aliphatic hydroxyl groups excluding tert-OH is 1. The topological polar surface area (TPSA) is 49.3 Å². The van der Waals surface area contributed by atoms with Gasteiger partial charge in [0.2, 0.25) is 0 Å². The predicted molar refractivity (Wildman–Crippen MR) is 79.5 cm³/mol. The summed E-state index contributed by atoms with van der Waals surface area (Å²) in [5.74, 6) is 5.82. The Morgan fingerprint density at radius 1 is 1.45 bits per heavy atom. The molecule has 0 aromatic heterocycles. The van der Waals surface area contributed by atoms with E-state index in [1.54, 1.807) is 0 Å². The lowest BCUT2D eigenvalue weighted by atomic mass is 9.78. The van der Waals surface area contributed by atoms with Crippen molar-refractivity contribution in [2.24, 2.45) is 0 Å². The second-order valence-electron chi connectivity index (χ2n) is 5.69. The van der Waals surface area contributed by atoms with Crippen LogP contribution in [0.2, 0.25) is 0 Å². The highest BCUT2D eigenvalue weighted by atomic mass is 16.2. The van der Waals surface area contributed by atoms with Gasteiger partial charge in [-0.15, -0.1) is 0 Å². The van der Waals surface area contributed by atoms with Gasteiger partial charge in [0.25, 0.3) is 5.91 Å². The number of carbonyl (C=O) groups is 1. The average Bonchev–Trinajstić information content (AvgIpc) is 2.37. The summed E-state index contributed by atoms with van der Waals surface area (Å²) in [6.07, 6.45) is 3.67. The summed E-state index contributed by atoms with van der Waals surface area (Å²) in [6.45, 7) is 4.10. The van der Waals surface area contributed by atoms with Crippen molar-refractivity contribution in [3.05, 3.63) is 34.9 Å². The van der Waals surface area contributed by atoms with Crippen molar-refractivity contribution in [3.8, 4) is 11.8 Å². The van der Waals surface area contributed by atoms with E-state index in [1.807, 2.05) is 25.1 Å². The van der Waals surface area contributed by atoms with Crippen LogP contribution in [-0.4, -0.2) is 23.2 Å². The molecular weight excluding hydrogens is 250 g/mol. The fourth-order valence-electron chi connectivity index (χ4n) is 2.35. The zero-order valence-corrected chi connectivity index (χ0v) is 12.1. The van der Waals surface area contributed by atoms with Crippen LogP contribution >= 0.6 is 0 Å². The van der Waals surface area contributed by atoms with Gasteiger partial charge >= 0.3 is 0 Å². The molecule has 1 aliphatic rings. The molecule has 3 nitrogen and oxygen atoms in total. The lowest BCUT2D eigenvalue weighted by Gasteiger charge is -2.39. The van der Waals surface area contributed by atoms with Crippen LogP contribution in [0.3, 0.4) is 0 Å². The molecule has 3 heteroatoms. The third-order valence-corrected chi connectivity index (χ3v) is 3.75. The highest BCUT2D eigenvalue weighted by Gasteiger charge is 2.33. The van der Waals surface area contributed by atoms with Gasteiger partial charge in [-0.2, -0.15) is 0 Å². The quantitative estimate of drug-likeness (QED) is 0.829. The molecule has 0 unspecified atom stereocenters. The number of hydrogen-bond acceptors (Lipinski definition) is 2. The number of nitrogens with one attached hydrogen (secondary N) is 1. The van der Waals surface area contributed by atoms with Gasteiger partial charge in [-0.25, -0.2) is 0 Å². The van der Waals surface area contributed by atoms with Crippen LogP contribution < -0.4 is 5.32 Å². The second kappa shape index (κ2) is 6.11. The minimum Gasteiger partial charge on any atom is -0.395 e. The van der Waals surface area contributed by atoms with E-state index < -0.39 is 0 Å². The maximum atomic E-state index is 12.4. The zero-order chi connectivity index (χ0) is 14.6. The molecule has 1 aromatic carbocycles. The van der Waals surface area contributed by atoms with Gasteiger partial charge in [-0.3, -0.25) is 4.79 Å². The summed E-state index contributed by atoms with van der Waals surface area (Å²) in [7, 11) is 0. The number of aryl methyl sites for hydroxylation is 1. The standard InChI is InChI=1S/C17H21NO2/c1-13-7-8-15(14(12-13)6-3-4-11-19)16(20)18-17(2)9-5-10-17/h7-8,12,19H,4-5,9-11H2,1-2H3,(H,18,20). The first-order chi connectivity index (χ1) is 9.54. The number of benzene rings is 1. The molecule has 0 spiro atoms. The van der Waals surface area contributed by atoms with E-state index in [9.17, 15) is 4.79 Å². The van der Waals surface area contributed by atoms with Crippen LogP contribution in [0.4, 0.5) is 0 Å². The molecule has 1 amide bonds. The minimum atomic E-state index is -0.0578. The first kappa shape index (κ1) is 14.6. The normalized spacial score (nSPS) is 15.8. The molecule has 1 aromatic rings. The summed E-state index contributed by atoms with van der Waals surface area (Å²) in [4.78, 5) is 12.4. The molecule has 1 saturated carbocycles. The lowest BCUT2D eigenvalue weighted by molar-refractivity contribution is 0.0850. The van der Waals surface area contributed by atoms with E-state index in [-0.39, 0.29) is 18.1 Å². The Hall–Kier alpha value is -1.79. The molecule has 20 heavy (non-hydrogen) atoms. The van der Waals surface area contributed by atoms with Crippen LogP contribution in [0, 0.1) is 18.8 Å². The summed E-state index contributed by atoms with van der Waals surface area (Å²) in [5, 5.41) is 11.9. The molecule has 106 valence electrons. The van der Waals surface area contributed by atoms with Crippen molar-refractivity contribution in [1.29, 1.82) is 0 Å². The molecule has 0 aliphatic heterocycles. The van der Waals surface area contributed by atoms with Crippen molar-refractivity contribution in [2.45, 2.75) is 45.1 Å². The van der Waals surface area contributed by atoms with Gasteiger partial charge in [0.15, 0.2) is 0 Å². The maximum absolute atomic E-state index is 12.4. The SMILES string of the molecule is Cc1ccc(C(=O)NC2(C)CCC2)c(C#CCCO)c1. The summed E-state index contributed by atoms with van der Waals surface area (Å²) >= 11 is 0. The summed E-state index contributed by atoms with van der Waals surface area (Å²) in [6, 6.07) is 5.67. The lowest BCUT2D eigenvalue weighted by Crippen LogP contribution is -2.51. The Bertz CT molecular complexity index is 562. The van der Waals surface area contributed by atoms with Crippen molar-refractivity contribution < 1.29 is 9.90 Å². The van der Waals surface area contributed by atoms with E-state index in [4.69, 9.17) is 5.11 Å². The van der Waals surface area contributed by atoms with Gasteiger partial charge in [0, 0.05) is 17.5 Å². The van der Waals surface area contributed by atoms with E-state index in [1.165, 1.54) is 6.42 Å². The average molecular weight is 271 g/mol. The molecule has 2 N–H and O–H groups in total. The first-order valence-corrected chi connectivity index (χ1v) is 7.07. The molecular formula is C17H21NO2. The molecule has 0 atom stereocenters. The first-order valence-electron chi connectivity index (χ1n) is 7.07. The fraction of sp³-hybridized carbons (Fsp3) is 0.471. The molecule has 0 heterocycles. The highest BCUT2D eigenvalue weighted by Crippen LogP contribution is 2.31. The number of aliphatic hydroxyl groups is 1. The van der Waals surface area contributed by atoms with Crippen molar-refractivity contribution in [2.75, 3.05) is 6.61 Å². The second-order valence-corrected chi connectivity index (χ2v) is 5.69. The van der Waals surface area contributed by atoms with Crippen LogP contribution in [0.5, 0.6) is 0 Å². The fourth-order valence-corrected chi connectivity index (χ4v) is 2.35. The number of carbonyl (C=O) groups excluding carboxylic acids is 1. The van der Waals surface area contributed by atoms with Gasteiger partial charge in [0.1, 0.15) is 0 Å². The van der Waals surface area contributed by atoms with Gasteiger partial charge in [0.05, 0.1) is 12.2 Å². The molecule has 1 aliphatic carbocycles. The van der Waals surface area contributed by atoms with E-state index >= 15 is 0 Å². The zero-order valence-electron chi connectivity index (χ0n) is 12.1. The van der Waals surface area contributed by atoms with E-state index in [0.717, 1.165) is 24.0 Å². The van der Waals surface area contributed by atoms with Crippen LogP contribution in [-0.2, 0) is 0 Å². The van der Waals surface area contributed by atoms with Gasteiger partial charge in [-0.1, -0.05) is 17.9 Å². The third kappa shape index (κ3) is 3.40. The minimum absolute atomic E-state index is 0.0401. The molecule has 0 saturated heterocycles. The number of rotatable bonds is 3. The smallest absolute Gasteiger partial charge is 0.252 e. The molecule has 1 fully saturated rings.